The van der Waals surface area contributed by atoms with Gasteiger partial charge in [0.25, 0.3) is 0 Å². The highest BCUT2D eigenvalue weighted by Crippen LogP contribution is 2.36. The second kappa shape index (κ2) is 5.72. The standard InChI is InChI=1S/C13H22BrN3O/c1-8(2)17-13(11(14)7-16-17)12(15-4)10-5-6-18-9(10)3/h7-10,12,15H,5-6H2,1-4H3. The first kappa shape index (κ1) is 14.0. The van der Waals surface area contributed by atoms with Gasteiger partial charge in [0.05, 0.1) is 28.5 Å². The molecule has 1 N–H and O–H groups in total. The topological polar surface area (TPSA) is 39.1 Å². The van der Waals surface area contributed by atoms with Crippen LogP contribution in [-0.4, -0.2) is 29.5 Å². The van der Waals surface area contributed by atoms with Crippen LogP contribution >= 0.6 is 15.9 Å². The summed E-state index contributed by atoms with van der Waals surface area (Å²) < 4.78 is 8.87. The Hall–Kier alpha value is -0.390. The Morgan fingerprint density at radius 3 is 2.78 bits per heavy atom. The number of nitrogens with one attached hydrogen (secondary N) is 1. The summed E-state index contributed by atoms with van der Waals surface area (Å²) in [5.41, 5.74) is 1.23. The summed E-state index contributed by atoms with van der Waals surface area (Å²) in [5, 5.41) is 7.91. The molecule has 0 radical (unpaired) electrons. The van der Waals surface area contributed by atoms with E-state index in [1.165, 1.54) is 5.69 Å². The van der Waals surface area contributed by atoms with Crippen molar-refractivity contribution in [3.8, 4) is 0 Å². The fourth-order valence-corrected chi connectivity index (χ4v) is 3.31. The second-order valence-corrected chi connectivity index (χ2v) is 6.07. The minimum atomic E-state index is 0.279. The van der Waals surface area contributed by atoms with E-state index in [-0.39, 0.29) is 6.04 Å². The molecular formula is C13H22BrN3O. The maximum absolute atomic E-state index is 5.70. The van der Waals surface area contributed by atoms with E-state index >= 15 is 0 Å². The predicted molar refractivity (Wildman–Crippen MR) is 75.6 cm³/mol. The van der Waals surface area contributed by atoms with Crippen molar-refractivity contribution < 1.29 is 4.74 Å². The molecule has 1 aliphatic heterocycles. The van der Waals surface area contributed by atoms with E-state index in [4.69, 9.17) is 4.74 Å². The number of nitrogens with zero attached hydrogens (tertiary/aromatic N) is 2. The Labute approximate surface area is 117 Å². The van der Waals surface area contributed by atoms with Gasteiger partial charge in [0.15, 0.2) is 0 Å². The monoisotopic (exact) mass is 315 g/mol. The maximum atomic E-state index is 5.70. The summed E-state index contributed by atoms with van der Waals surface area (Å²) in [6, 6.07) is 0.640. The molecular weight excluding hydrogens is 294 g/mol. The predicted octanol–water partition coefficient (Wildman–Crippen LogP) is 2.91. The fourth-order valence-electron chi connectivity index (χ4n) is 2.79. The van der Waals surface area contributed by atoms with Crippen molar-refractivity contribution in [2.45, 2.75) is 45.4 Å². The van der Waals surface area contributed by atoms with E-state index in [9.17, 15) is 0 Å². The van der Waals surface area contributed by atoms with E-state index in [0.717, 1.165) is 17.5 Å². The van der Waals surface area contributed by atoms with Crippen LogP contribution in [0.2, 0.25) is 0 Å². The average Bonchev–Trinajstić information content (AvgIpc) is 2.89. The van der Waals surface area contributed by atoms with Gasteiger partial charge in [-0.1, -0.05) is 0 Å². The Kier molecular flexibility index (Phi) is 4.45. The molecule has 1 aromatic heterocycles. The molecule has 5 heteroatoms. The van der Waals surface area contributed by atoms with Crippen molar-refractivity contribution in [3.05, 3.63) is 16.4 Å². The molecule has 0 spiro atoms. The van der Waals surface area contributed by atoms with Crippen LogP contribution in [0.1, 0.15) is 45.0 Å². The van der Waals surface area contributed by atoms with Gasteiger partial charge in [-0.2, -0.15) is 5.10 Å². The summed E-state index contributed by atoms with van der Waals surface area (Å²) in [6.45, 7) is 7.33. The second-order valence-electron chi connectivity index (χ2n) is 5.21. The summed E-state index contributed by atoms with van der Waals surface area (Å²) in [4.78, 5) is 0. The Morgan fingerprint density at radius 1 is 1.56 bits per heavy atom. The van der Waals surface area contributed by atoms with Crippen LogP contribution in [0.5, 0.6) is 0 Å². The van der Waals surface area contributed by atoms with E-state index in [1.807, 2.05) is 13.2 Å². The van der Waals surface area contributed by atoms with E-state index in [2.05, 4.69) is 51.8 Å². The van der Waals surface area contributed by atoms with Gasteiger partial charge in [-0.3, -0.25) is 4.68 Å². The molecule has 4 nitrogen and oxygen atoms in total. The molecule has 0 bridgehead atoms. The van der Waals surface area contributed by atoms with Crippen molar-refractivity contribution in [1.82, 2.24) is 15.1 Å². The van der Waals surface area contributed by atoms with Crippen LogP contribution in [0.15, 0.2) is 10.7 Å². The third kappa shape index (κ3) is 2.49. The average molecular weight is 316 g/mol. The lowest BCUT2D eigenvalue weighted by Gasteiger charge is -2.27. The minimum absolute atomic E-state index is 0.279. The smallest absolute Gasteiger partial charge is 0.0702 e. The molecule has 102 valence electrons. The number of halogens is 1. The number of aromatic nitrogens is 2. The van der Waals surface area contributed by atoms with Gasteiger partial charge in [0.1, 0.15) is 0 Å². The quantitative estimate of drug-likeness (QED) is 0.928. The van der Waals surface area contributed by atoms with Crippen molar-refractivity contribution in [1.29, 1.82) is 0 Å². The van der Waals surface area contributed by atoms with Gasteiger partial charge >= 0.3 is 0 Å². The lowest BCUT2D eigenvalue weighted by atomic mass is 9.91. The summed E-state index contributed by atoms with van der Waals surface area (Å²) in [7, 11) is 2.01. The maximum Gasteiger partial charge on any atom is 0.0702 e. The molecule has 0 amide bonds. The molecule has 1 saturated heterocycles. The van der Waals surface area contributed by atoms with Crippen molar-refractivity contribution in [3.63, 3.8) is 0 Å². The van der Waals surface area contributed by atoms with Crippen LogP contribution in [0.4, 0.5) is 0 Å². The number of rotatable bonds is 4. The van der Waals surface area contributed by atoms with Crippen LogP contribution < -0.4 is 5.32 Å². The highest BCUT2D eigenvalue weighted by molar-refractivity contribution is 9.10. The SMILES string of the molecule is CNC(c1c(Br)cnn1C(C)C)C1CCOC1C. The molecule has 3 atom stereocenters. The summed E-state index contributed by atoms with van der Waals surface area (Å²) in [6.07, 6.45) is 3.28. The molecule has 0 saturated carbocycles. The molecule has 1 aromatic rings. The largest absolute Gasteiger partial charge is 0.378 e. The van der Waals surface area contributed by atoms with Crippen molar-refractivity contribution in [2.24, 2.45) is 5.92 Å². The van der Waals surface area contributed by atoms with Gasteiger partial charge in [-0.05, 0) is 50.2 Å². The number of hydrogen-bond donors (Lipinski definition) is 1. The highest BCUT2D eigenvalue weighted by Gasteiger charge is 2.35. The zero-order valence-electron chi connectivity index (χ0n) is 11.5. The first-order valence-electron chi connectivity index (χ1n) is 6.58. The van der Waals surface area contributed by atoms with Crippen LogP contribution in [0.3, 0.4) is 0 Å². The Balaban J connectivity index is 2.35. The van der Waals surface area contributed by atoms with Gasteiger partial charge in [0, 0.05) is 18.6 Å². The zero-order valence-corrected chi connectivity index (χ0v) is 13.1. The molecule has 3 unspecified atom stereocenters. The summed E-state index contributed by atoms with van der Waals surface area (Å²) >= 11 is 3.63. The van der Waals surface area contributed by atoms with Gasteiger partial charge in [0.2, 0.25) is 0 Å². The molecule has 1 aliphatic rings. The van der Waals surface area contributed by atoms with E-state index in [0.29, 0.717) is 18.1 Å². The Morgan fingerprint density at radius 2 is 2.28 bits per heavy atom. The lowest BCUT2D eigenvalue weighted by Crippen LogP contribution is -2.32. The lowest BCUT2D eigenvalue weighted by molar-refractivity contribution is 0.0950. The first-order valence-corrected chi connectivity index (χ1v) is 7.37. The third-order valence-electron chi connectivity index (χ3n) is 3.74. The number of ether oxygens (including phenoxy) is 1. The highest BCUT2D eigenvalue weighted by atomic mass is 79.9. The van der Waals surface area contributed by atoms with Crippen LogP contribution in [0.25, 0.3) is 0 Å². The first-order chi connectivity index (χ1) is 8.56. The zero-order chi connectivity index (χ0) is 13.3. The minimum Gasteiger partial charge on any atom is -0.378 e. The van der Waals surface area contributed by atoms with Crippen LogP contribution in [-0.2, 0) is 4.74 Å². The molecule has 0 aromatic carbocycles. The van der Waals surface area contributed by atoms with Crippen molar-refractivity contribution >= 4 is 15.9 Å². The molecule has 1 fully saturated rings. The van der Waals surface area contributed by atoms with E-state index in [1.54, 1.807) is 0 Å². The Bertz CT molecular complexity index is 405. The summed E-state index contributed by atoms with van der Waals surface area (Å²) in [5.74, 6) is 0.500. The molecule has 0 aliphatic carbocycles. The molecule has 18 heavy (non-hydrogen) atoms. The molecule has 2 rings (SSSR count). The van der Waals surface area contributed by atoms with Gasteiger partial charge < -0.3 is 10.1 Å². The number of hydrogen-bond acceptors (Lipinski definition) is 3. The van der Waals surface area contributed by atoms with Gasteiger partial charge in [-0.25, -0.2) is 0 Å². The van der Waals surface area contributed by atoms with Crippen LogP contribution in [0, 0.1) is 5.92 Å². The normalized spacial score (nSPS) is 25.9. The van der Waals surface area contributed by atoms with Crippen molar-refractivity contribution in [2.75, 3.05) is 13.7 Å². The fraction of sp³-hybridized carbons (Fsp3) is 0.769. The third-order valence-corrected chi connectivity index (χ3v) is 4.36. The molecule has 2 heterocycles. The van der Waals surface area contributed by atoms with E-state index < -0.39 is 0 Å². The van der Waals surface area contributed by atoms with Gasteiger partial charge in [-0.15, -0.1) is 0 Å².